The van der Waals surface area contributed by atoms with Gasteiger partial charge in [0, 0.05) is 5.56 Å². The van der Waals surface area contributed by atoms with Crippen molar-refractivity contribution in [2.45, 2.75) is 59.6 Å². The molecule has 1 atom stereocenters. The molecule has 1 amide bonds. The van der Waals surface area contributed by atoms with E-state index in [9.17, 15) is 19.5 Å². The van der Waals surface area contributed by atoms with Crippen LogP contribution < -0.4 is 9.64 Å². The van der Waals surface area contributed by atoms with E-state index in [4.69, 9.17) is 9.47 Å². The van der Waals surface area contributed by atoms with E-state index in [2.05, 4.69) is 25.8 Å². The molecule has 232 valence electrons. The topological polar surface area (TPSA) is 106 Å². The number of anilines is 1. The lowest BCUT2D eigenvalue weighted by Crippen LogP contribution is -2.29. The summed E-state index contributed by atoms with van der Waals surface area (Å²) in [7, 11) is 0. The zero-order chi connectivity index (χ0) is 32.5. The number of esters is 1. The number of amides is 1. The van der Waals surface area contributed by atoms with E-state index in [0.29, 0.717) is 29.2 Å². The van der Waals surface area contributed by atoms with Crippen LogP contribution in [-0.2, 0) is 26.3 Å². The highest BCUT2D eigenvalue weighted by atomic mass is 32.1. The average molecular weight is 625 g/mol. The number of carbonyl (C=O) groups excluding carboxylic acids is 3. The van der Waals surface area contributed by atoms with Gasteiger partial charge in [0.25, 0.3) is 5.78 Å². The third-order valence-electron chi connectivity index (χ3n) is 7.60. The van der Waals surface area contributed by atoms with Gasteiger partial charge in [0.2, 0.25) is 0 Å². The summed E-state index contributed by atoms with van der Waals surface area (Å²) in [5.74, 6) is -1.96. The fourth-order valence-corrected chi connectivity index (χ4v) is 6.20. The summed E-state index contributed by atoms with van der Waals surface area (Å²) in [4.78, 5) is 45.9. The van der Waals surface area contributed by atoms with Crippen molar-refractivity contribution in [3.63, 3.8) is 0 Å². The van der Waals surface area contributed by atoms with E-state index >= 15 is 0 Å². The van der Waals surface area contributed by atoms with Crippen molar-refractivity contribution in [3.8, 4) is 5.75 Å². The van der Waals surface area contributed by atoms with E-state index in [1.165, 1.54) is 4.90 Å². The third-order valence-corrected chi connectivity index (χ3v) is 8.74. The van der Waals surface area contributed by atoms with Gasteiger partial charge in [-0.1, -0.05) is 86.2 Å². The first kappa shape index (κ1) is 31.7. The highest BCUT2D eigenvalue weighted by Gasteiger charge is 2.48. The minimum absolute atomic E-state index is 0.0672. The summed E-state index contributed by atoms with van der Waals surface area (Å²) in [6.45, 7) is 12.2. The number of hydrogen-bond donors (Lipinski definition) is 1. The van der Waals surface area contributed by atoms with Gasteiger partial charge in [-0.3, -0.25) is 14.5 Å². The number of aromatic nitrogens is 1. The van der Waals surface area contributed by atoms with Crippen LogP contribution in [0.2, 0.25) is 0 Å². The van der Waals surface area contributed by atoms with Gasteiger partial charge in [-0.2, -0.15) is 0 Å². The molecule has 2 heterocycles. The van der Waals surface area contributed by atoms with Crippen LogP contribution in [0.25, 0.3) is 5.76 Å². The second kappa shape index (κ2) is 12.7. The van der Waals surface area contributed by atoms with E-state index in [0.717, 1.165) is 28.0 Å². The highest BCUT2D eigenvalue weighted by molar-refractivity contribution is 7.17. The molecule has 8 nitrogen and oxygen atoms in total. The van der Waals surface area contributed by atoms with Crippen molar-refractivity contribution in [1.29, 1.82) is 0 Å². The number of ether oxygens (including phenoxy) is 2. The minimum atomic E-state index is -0.975. The number of thiazole rings is 1. The molecule has 45 heavy (non-hydrogen) atoms. The molecule has 0 radical (unpaired) electrons. The molecule has 0 aliphatic carbocycles. The Hall–Kier alpha value is -4.76. The van der Waals surface area contributed by atoms with Gasteiger partial charge >= 0.3 is 11.9 Å². The standard InChI is InChI=1S/C36H36N2O6S/c1-7-43-34(42)32-22(3)37-35(45-32)38-29(24-11-15-26(16-12-24)36(4,5)6)28(31(40)33(38)41)30(39)25-13-17-27(18-14-25)44-20-23-10-8-9-21(2)19-23/h8-19,29,39H,7,20H2,1-6H3. The molecule has 4 aromatic rings. The van der Waals surface area contributed by atoms with Crippen LogP contribution in [0, 0.1) is 13.8 Å². The van der Waals surface area contributed by atoms with Crippen molar-refractivity contribution in [3.05, 3.63) is 117 Å². The maximum atomic E-state index is 13.6. The predicted molar refractivity (Wildman–Crippen MR) is 175 cm³/mol. The molecule has 1 aliphatic heterocycles. The maximum absolute atomic E-state index is 13.6. The van der Waals surface area contributed by atoms with Crippen LogP contribution >= 0.6 is 11.3 Å². The second-order valence-corrected chi connectivity index (χ2v) is 13.0. The molecule has 3 aromatic carbocycles. The summed E-state index contributed by atoms with van der Waals surface area (Å²) in [6.07, 6.45) is 0. The molecule has 1 saturated heterocycles. The quantitative estimate of drug-likeness (QED) is 0.0940. The van der Waals surface area contributed by atoms with E-state index < -0.39 is 23.7 Å². The molecule has 9 heteroatoms. The fraction of sp³-hybridized carbons (Fsp3) is 0.278. The van der Waals surface area contributed by atoms with Crippen LogP contribution in [0.5, 0.6) is 5.75 Å². The summed E-state index contributed by atoms with van der Waals surface area (Å²) >= 11 is 0.979. The average Bonchev–Trinajstić information content (AvgIpc) is 3.52. The SMILES string of the molecule is CCOC(=O)c1sc(N2C(=O)C(=O)C(=C(O)c3ccc(OCc4cccc(C)c4)cc3)C2c2ccc(C(C)(C)C)cc2)nc1C. The molecule has 5 rings (SSSR count). The summed E-state index contributed by atoms with van der Waals surface area (Å²) in [6, 6.07) is 21.4. The molecule has 1 N–H and O–H groups in total. The van der Waals surface area contributed by atoms with E-state index in [1.807, 2.05) is 55.5 Å². The number of aliphatic hydroxyl groups is 1. The number of ketones is 1. The number of carbonyl (C=O) groups is 3. The van der Waals surface area contributed by atoms with Crippen molar-refractivity contribution in [1.82, 2.24) is 4.98 Å². The van der Waals surface area contributed by atoms with Gasteiger partial charge in [-0.15, -0.1) is 0 Å². The van der Waals surface area contributed by atoms with Gasteiger partial charge in [-0.25, -0.2) is 9.78 Å². The summed E-state index contributed by atoms with van der Waals surface area (Å²) in [5.41, 5.74) is 4.41. The van der Waals surface area contributed by atoms with E-state index in [-0.39, 0.29) is 33.4 Å². The Morgan fingerprint density at radius 1 is 1.00 bits per heavy atom. The number of Topliss-reactive ketones (excluding diaryl/α,β-unsaturated/α-hetero) is 1. The van der Waals surface area contributed by atoms with Crippen LogP contribution in [0.3, 0.4) is 0 Å². The Bertz CT molecular complexity index is 1780. The monoisotopic (exact) mass is 624 g/mol. The number of hydrogen-bond acceptors (Lipinski definition) is 8. The molecule has 0 spiro atoms. The molecule has 1 aromatic heterocycles. The number of benzene rings is 3. The van der Waals surface area contributed by atoms with Gasteiger partial charge in [0.1, 0.15) is 23.0 Å². The van der Waals surface area contributed by atoms with Crippen molar-refractivity contribution in [2.75, 3.05) is 11.5 Å². The van der Waals surface area contributed by atoms with Crippen LogP contribution in [-0.4, -0.2) is 34.4 Å². The molecule has 0 bridgehead atoms. The minimum Gasteiger partial charge on any atom is -0.507 e. The Labute approximate surface area is 267 Å². The first-order chi connectivity index (χ1) is 21.4. The summed E-state index contributed by atoms with van der Waals surface area (Å²) in [5, 5.41) is 11.8. The third kappa shape index (κ3) is 6.54. The van der Waals surface area contributed by atoms with Crippen molar-refractivity contribution >= 4 is 39.9 Å². The first-order valence-electron chi connectivity index (χ1n) is 14.7. The Balaban J connectivity index is 1.55. The predicted octanol–water partition coefficient (Wildman–Crippen LogP) is 7.44. The Morgan fingerprint density at radius 2 is 1.69 bits per heavy atom. The molecule has 1 unspecified atom stereocenters. The van der Waals surface area contributed by atoms with Crippen LogP contribution in [0.4, 0.5) is 5.13 Å². The maximum Gasteiger partial charge on any atom is 0.350 e. The van der Waals surface area contributed by atoms with Gasteiger partial charge < -0.3 is 14.6 Å². The molecular formula is C36H36N2O6S. The zero-order valence-corrected chi connectivity index (χ0v) is 27.0. The second-order valence-electron chi connectivity index (χ2n) is 12.0. The number of aliphatic hydroxyl groups excluding tert-OH is 1. The number of aryl methyl sites for hydroxylation is 2. The van der Waals surface area contributed by atoms with Crippen molar-refractivity contribution in [2.24, 2.45) is 0 Å². The molecule has 0 saturated carbocycles. The largest absolute Gasteiger partial charge is 0.507 e. The smallest absolute Gasteiger partial charge is 0.350 e. The van der Waals surface area contributed by atoms with Crippen LogP contribution in [0.15, 0.2) is 78.4 Å². The lowest BCUT2D eigenvalue weighted by Gasteiger charge is -2.24. The summed E-state index contributed by atoms with van der Waals surface area (Å²) < 4.78 is 11.1. The Kier molecular flexibility index (Phi) is 8.93. The van der Waals surface area contributed by atoms with Gasteiger partial charge in [0.05, 0.1) is 23.9 Å². The lowest BCUT2D eigenvalue weighted by molar-refractivity contribution is -0.132. The zero-order valence-electron chi connectivity index (χ0n) is 26.2. The lowest BCUT2D eigenvalue weighted by atomic mass is 9.85. The molecule has 1 aliphatic rings. The van der Waals surface area contributed by atoms with Crippen LogP contribution in [0.1, 0.15) is 76.9 Å². The number of rotatable bonds is 8. The highest BCUT2D eigenvalue weighted by Crippen LogP contribution is 2.44. The first-order valence-corrected chi connectivity index (χ1v) is 15.6. The van der Waals surface area contributed by atoms with Gasteiger partial charge in [-0.05, 0) is 67.1 Å². The van der Waals surface area contributed by atoms with E-state index in [1.54, 1.807) is 38.1 Å². The van der Waals surface area contributed by atoms with Crippen molar-refractivity contribution < 1.29 is 29.0 Å². The molecular weight excluding hydrogens is 588 g/mol. The normalized spacial score (nSPS) is 16.2. The number of nitrogens with zero attached hydrogens (tertiary/aromatic N) is 2. The van der Waals surface area contributed by atoms with Gasteiger partial charge in [0.15, 0.2) is 5.13 Å². The Morgan fingerprint density at radius 3 is 2.31 bits per heavy atom. The molecule has 1 fully saturated rings. The fourth-order valence-electron chi connectivity index (χ4n) is 5.22.